The Morgan fingerprint density at radius 3 is 2.67 bits per heavy atom. The van der Waals surface area contributed by atoms with Gasteiger partial charge in [0.15, 0.2) is 0 Å². The van der Waals surface area contributed by atoms with Gasteiger partial charge in [0, 0.05) is 23.8 Å². The van der Waals surface area contributed by atoms with Crippen molar-refractivity contribution < 1.29 is 10.0 Å². The first-order chi connectivity index (χ1) is 8.65. The summed E-state index contributed by atoms with van der Waals surface area (Å²) in [7, 11) is 0. The number of hydrogen-bond acceptors (Lipinski definition) is 3. The summed E-state index contributed by atoms with van der Waals surface area (Å²) in [5.74, 6) is 0.249. The maximum atomic E-state index is 11.2. The first-order valence-electron chi connectivity index (χ1n) is 6.46. The monoisotopic (exact) mass is 248 g/mol. The average Bonchev–Trinajstić information content (AvgIpc) is 2.79. The zero-order valence-electron chi connectivity index (χ0n) is 10.9. The second-order valence-electron chi connectivity index (χ2n) is 5.04. The summed E-state index contributed by atoms with van der Waals surface area (Å²) < 4.78 is 0. The fourth-order valence-corrected chi connectivity index (χ4v) is 2.72. The van der Waals surface area contributed by atoms with Crippen LogP contribution in [0.3, 0.4) is 0 Å². The zero-order chi connectivity index (χ0) is 13.1. The third-order valence-corrected chi connectivity index (χ3v) is 3.66. The number of nitrogens with zero attached hydrogens (tertiary/aromatic N) is 1. The van der Waals surface area contributed by atoms with Gasteiger partial charge in [-0.2, -0.15) is 0 Å². The molecule has 0 bridgehead atoms. The van der Waals surface area contributed by atoms with Crippen molar-refractivity contribution in [3.8, 4) is 0 Å². The fourth-order valence-electron chi connectivity index (χ4n) is 2.72. The van der Waals surface area contributed by atoms with Crippen molar-refractivity contribution >= 4 is 11.6 Å². The van der Waals surface area contributed by atoms with E-state index in [-0.39, 0.29) is 0 Å². The molecule has 0 saturated carbocycles. The van der Waals surface area contributed by atoms with Crippen molar-refractivity contribution in [2.24, 2.45) is 5.92 Å². The first kappa shape index (κ1) is 12.9. The molecule has 1 fully saturated rings. The molecule has 2 rings (SSSR count). The highest BCUT2D eigenvalue weighted by molar-refractivity contribution is 5.93. The van der Waals surface area contributed by atoms with Crippen LogP contribution in [-0.4, -0.2) is 23.7 Å². The molecule has 0 radical (unpaired) electrons. The fraction of sp³-hybridized carbons (Fsp3) is 0.500. The Balaban J connectivity index is 2.16. The molecule has 98 valence electrons. The van der Waals surface area contributed by atoms with Gasteiger partial charge in [-0.1, -0.05) is 13.8 Å². The van der Waals surface area contributed by atoms with Crippen LogP contribution in [-0.2, 0) is 0 Å². The Morgan fingerprint density at radius 2 is 2.11 bits per heavy atom. The second-order valence-corrected chi connectivity index (χ2v) is 5.04. The van der Waals surface area contributed by atoms with E-state index in [2.05, 4.69) is 18.7 Å². The van der Waals surface area contributed by atoms with E-state index in [1.807, 2.05) is 12.1 Å². The Labute approximate surface area is 108 Å². The Morgan fingerprint density at radius 1 is 1.44 bits per heavy atom. The topological polar surface area (TPSA) is 52.6 Å². The van der Waals surface area contributed by atoms with Crippen LogP contribution in [0.2, 0.25) is 0 Å². The van der Waals surface area contributed by atoms with Crippen molar-refractivity contribution in [1.29, 1.82) is 0 Å². The predicted octanol–water partition coefficient (Wildman–Crippen LogP) is 2.43. The largest absolute Gasteiger partial charge is 0.368 e. The summed E-state index contributed by atoms with van der Waals surface area (Å²) in [5, 5.41) is 8.57. The highest BCUT2D eigenvalue weighted by Gasteiger charge is 2.28. The lowest BCUT2D eigenvalue weighted by molar-refractivity contribution is 0.0706. The van der Waals surface area contributed by atoms with Gasteiger partial charge in [-0.3, -0.25) is 10.0 Å². The van der Waals surface area contributed by atoms with Gasteiger partial charge >= 0.3 is 0 Å². The maximum Gasteiger partial charge on any atom is 0.274 e. The van der Waals surface area contributed by atoms with E-state index in [9.17, 15) is 4.79 Å². The molecule has 1 heterocycles. The highest BCUT2D eigenvalue weighted by atomic mass is 16.5. The number of rotatable bonds is 3. The number of carbonyl (C=O) groups is 1. The molecule has 4 heteroatoms. The van der Waals surface area contributed by atoms with Gasteiger partial charge in [-0.05, 0) is 43.0 Å². The van der Waals surface area contributed by atoms with Gasteiger partial charge in [-0.15, -0.1) is 0 Å². The molecule has 2 N–H and O–H groups in total. The molecular weight excluding hydrogens is 228 g/mol. The minimum Gasteiger partial charge on any atom is -0.368 e. The summed E-state index contributed by atoms with van der Waals surface area (Å²) >= 11 is 0. The molecule has 1 aromatic carbocycles. The Hall–Kier alpha value is -1.55. The Kier molecular flexibility index (Phi) is 3.87. The number of anilines is 1. The highest BCUT2D eigenvalue weighted by Crippen LogP contribution is 2.30. The van der Waals surface area contributed by atoms with Crippen molar-refractivity contribution in [3.05, 3.63) is 29.8 Å². The third kappa shape index (κ3) is 2.48. The number of nitrogens with one attached hydrogen (secondary N) is 1. The summed E-state index contributed by atoms with van der Waals surface area (Å²) in [6, 6.07) is 7.99. The average molecular weight is 248 g/mol. The van der Waals surface area contributed by atoms with Crippen molar-refractivity contribution in [3.63, 3.8) is 0 Å². The van der Waals surface area contributed by atoms with Crippen molar-refractivity contribution in [2.75, 3.05) is 11.4 Å². The van der Waals surface area contributed by atoms with E-state index in [1.54, 1.807) is 17.6 Å². The minimum absolute atomic E-state index is 0.469. The number of hydroxylamine groups is 1. The van der Waals surface area contributed by atoms with E-state index in [1.165, 1.54) is 6.42 Å². The van der Waals surface area contributed by atoms with E-state index in [0.29, 0.717) is 11.6 Å². The van der Waals surface area contributed by atoms with Gasteiger partial charge in [0.1, 0.15) is 0 Å². The van der Waals surface area contributed by atoms with Crippen LogP contribution in [0.1, 0.15) is 37.0 Å². The zero-order valence-corrected chi connectivity index (χ0v) is 10.9. The lowest BCUT2D eigenvalue weighted by Crippen LogP contribution is -2.28. The van der Waals surface area contributed by atoms with Crippen LogP contribution in [0.25, 0.3) is 0 Å². The molecule has 4 nitrogen and oxygen atoms in total. The van der Waals surface area contributed by atoms with Gasteiger partial charge in [0.2, 0.25) is 0 Å². The van der Waals surface area contributed by atoms with E-state index < -0.39 is 5.91 Å². The molecule has 2 atom stereocenters. The quantitative estimate of drug-likeness (QED) is 0.638. The molecule has 1 aromatic rings. The van der Waals surface area contributed by atoms with Crippen molar-refractivity contribution in [2.45, 2.75) is 32.7 Å². The lowest BCUT2D eigenvalue weighted by Gasteiger charge is -2.26. The van der Waals surface area contributed by atoms with Crippen molar-refractivity contribution in [1.82, 2.24) is 5.48 Å². The summed E-state index contributed by atoms with van der Waals surface area (Å²) in [5.41, 5.74) is 3.27. The summed E-state index contributed by atoms with van der Waals surface area (Å²) in [6.45, 7) is 5.56. The molecule has 1 aliphatic rings. The SMILES string of the molecule is CC[C@@H]1C[C@H](C)CN1c1ccc(C(=O)NO)cc1. The van der Waals surface area contributed by atoms with Crippen LogP contribution < -0.4 is 10.4 Å². The molecule has 0 unspecified atom stereocenters. The number of amides is 1. The molecule has 1 saturated heterocycles. The van der Waals surface area contributed by atoms with Crippen LogP contribution in [0.15, 0.2) is 24.3 Å². The second kappa shape index (κ2) is 5.40. The molecule has 1 aliphatic heterocycles. The number of carbonyl (C=O) groups excluding carboxylic acids is 1. The molecule has 0 aromatic heterocycles. The molecule has 18 heavy (non-hydrogen) atoms. The lowest BCUT2D eigenvalue weighted by atomic mass is 10.1. The van der Waals surface area contributed by atoms with Gasteiger partial charge < -0.3 is 4.90 Å². The number of benzene rings is 1. The smallest absolute Gasteiger partial charge is 0.274 e. The minimum atomic E-state index is -0.469. The first-order valence-corrected chi connectivity index (χ1v) is 6.46. The molecular formula is C14H20N2O2. The van der Waals surface area contributed by atoms with Crippen LogP contribution >= 0.6 is 0 Å². The van der Waals surface area contributed by atoms with Crippen LogP contribution in [0.4, 0.5) is 5.69 Å². The van der Waals surface area contributed by atoms with Crippen LogP contribution in [0.5, 0.6) is 0 Å². The summed E-state index contributed by atoms with van der Waals surface area (Å²) in [6.07, 6.45) is 2.37. The maximum absolute atomic E-state index is 11.2. The summed E-state index contributed by atoms with van der Waals surface area (Å²) in [4.78, 5) is 13.7. The molecule has 0 aliphatic carbocycles. The standard InChI is InChI=1S/C14H20N2O2/c1-3-12-8-10(2)9-16(12)13-6-4-11(5-7-13)14(17)15-18/h4-7,10,12,18H,3,8-9H2,1-2H3,(H,15,17)/t10-,12+/m0/s1. The Bertz CT molecular complexity index is 416. The predicted molar refractivity (Wildman–Crippen MR) is 70.9 cm³/mol. The van der Waals surface area contributed by atoms with E-state index >= 15 is 0 Å². The van der Waals surface area contributed by atoms with Gasteiger partial charge in [0.05, 0.1) is 0 Å². The number of hydrogen-bond donors (Lipinski definition) is 2. The van der Waals surface area contributed by atoms with E-state index in [0.717, 1.165) is 24.6 Å². The molecule has 1 amide bonds. The van der Waals surface area contributed by atoms with Gasteiger partial charge in [-0.25, -0.2) is 5.48 Å². The normalized spacial score (nSPS) is 23.2. The molecule has 0 spiro atoms. The van der Waals surface area contributed by atoms with Gasteiger partial charge in [0.25, 0.3) is 5.91 Å². The third-order valence-electron chi connectivity index (χ3n) is 3.66. The van der Waals surface area contributed by atoms with Crippen LogP contribution in [0, 0.1) is 5.92 Å². The van der Waals surface area contributed by atoms with E-state index in [4.69, 9.17) is 5.21 Å².